The Bertz CT molecular complexity index is 1690. The molecular weight excluding hydrogens is 476 g/mol. The number of carbonyl (C=O) groups is 1. The first kappa shape index (κ1) is 22.6. The highest BCUT2D eigenvalue weighted by atomic mass is 32.1. The molecule has 5 rings (SSSR count). The molecule has 10 heteroatoms. The smallest absolute Gasteiger partial charge is 0.268 e. The van der Waals surface area contributed by atoms with Crippen molar-refractivity contribution in [1.82, 2.24) is 14.8 Å². The number of thiophene rings is 1. The lowest BCUT2D eigenvalue weighted by atomic mass is 9.99. The van der Waals surface area contributed by atoms with Gasteiger partial charge in [0.15, 0.2) is 17.3 Å². The average Bonchev–Trinajstić information content (AvgIpc) is 3.45. The molecule has 0 fully saturated rings. The first-order chi connectivity index (χ1) is 16.7. The van der Waals surface area contributed by atoms with E-state index in [4.69, 9.17) is 9.15 Å². The van der Waals surface area contributed by atoms with E-state index in [2.05, 4.69) is 10.2 Å². The summed E-state index contributed by atoms with van der Waals surface area (Å²) in [6.07, 6.45) is 1.62. The Morgan fingerprint density at radius 1 is 1.06 bits per heavy atom. The van der Waals surface area contributed by atoms with Crippen LogP contribution in [0.4, 0.5) is 8.78 Å². The van der Waals surface area contributed by atoms with Crippen molar-refractivity contribution in [2.75, 3.05) is 0 Å². The molecule has 0 unspecified atom stereocenters. The van der Waals surface area contributed by atoms with E-state index >= 15 is 0 Å². The SMILES string of the molecule is CC(=O)c1ccc(Oc2ccc(F)cc2F)c(-c2cn(C)c(=O)c3sc(-c4nnc(C)o4)cc23)c1. The lowest BCUT2D eigenvalue weighted by Gasteiger charge is -2.15. The normalized spacial score (nSPS) is 11.2. The van der Waals surface area contributed by atoms with E-state index in [1.165, 1.54) is 28.9 Å². The Labute approximate surface area is 201 Å². The van der Waals surface area contributed by atoms with Crippen LogP contribution in [0.15, 0.2) is 57.9 Å². The standard InChI is InChI=1S/C25H17F2N3O4S/c1-12(31)14-4-6-20(34-21-7-5-15(26)9-19(21)27)16(8-14)18-11-30(3)25(32)23-17(18)10-22(35-23)24-29-28-13(2)33-24/h4-11H,1-3H3. The van der Waals surface area contributed by atoms with Crippen LogP contribution in [0, 0.1) is 18.6 Å². The molecule has 0 bridgehead atoms. The van der Waals surface area contributed by atoms with Gasteiger partial charge in [0.05, 0.1) is 4.88 Å². The van der Waals surface area contributed by atoms with Gasteiger partial charge in [-0.15, -0.1) is 21.5 Å². The molecule has 5 aromatic rings. The summed E-state index contributed by atoms with van der Waals surface area (Å²) in [6.45, 7) is 3.09. The van der Waals surface area contributed by atoms with Crippen LogP contribution in [-0.2, 0) is 7.05 Å². The van der Waals surface area contributed by atoms with Crippen LogP contribution in [-0.4, -0.2) is 20.5 Å². The molecule has 2 aromatic carbocycles. The van der Waals surface area contributed by atoms with Gasteiger partial charge < -0.3 is 13.7 Å². The quantitative estimate of drug-likeness (QED) is 0.283. The molecule has 0 atom stereocenters. The van der Waals surface area contributed by atoms with Gasteiger partial charge >= 0.3 is 0 Å². The molecule has 7 nitrogen and oxygen atoms in total. The monoisotopic (exact) mass is 493 g/mol. The van der Waals surface area contributed by atoms with Crippen molar-refractivity contribution in [3.63, 3.8) is 0 Å². The van der Waals surface area contributed by atoms with E-state index in [0.717, 1.165) is 12.1 Å². The average molecular weight is 493 g/mol. The Morgan fingerprint density at radius 2 is 1.83 bits per heavy atom. The Hall–Kier alpha value is -4.18. The maximum atomic E-state index is 14.4. The molecule has 3 heterocycles. The second-order valence-corrected chi connectivity index (χ2v) is 8.93. The fourth-order valence-corrected chi connectivity index (χ4v) is 4.75. The molecule has 3 aromatic heterocycles. The Morgan fingerprint density at radius 3 is 2.51 bits per heavy atom. The zero-order valence-corrected chi connectivity index (χ0v) is 19.6. The third kappa shape index (κ3) is 4.12. The summed E-state index contributed by atoms with van der Waals surface area (Å²) in [5, 5.41) is 8.46. The van der Waals surface area contributed by atoms with E-state index < -0.39 is 11.6 Å². The summed E-state index contributed by atoms with van der Waals surface area (Å²) in [7, 11) is 1.61. The molecule has 0 saturated carbocycles. The van der Waals surface area contributed by atoms with Gasteiger partial charge in [-0.25, -0.2) is 8.78 Å². The van der Waals surface area contributed by atoms with Crippen LogP contribution < -0.4 is 10.3 Å². The summed E-state index contributed by atoms with van der Waals surface area (Å²) in [5.74, 6) is -1.08. The largest absolute Gasteiger partial charge is 0.454 e. The molecule has 0 amide bonds. The van der Waals surface area contributed by atoms with Crippen LogP contribution in [0.25, 0.3) is 32.0 Å². The van der Waals surface area contributed by atoms with E-state index in [1.807, 2.05) is 0 Å². The van der Waals surface area contributed by atoms with Gasteiger partial charge in [0, 0.05) is 48.3 Å². The van der Waals surface area contributed by atoms with E-state index in [-0.39, 0.29) is 28.7 Å². The molecule has 0 N–H and O–H groups in total. The molecule has 0 saturated heterocycles. The minimum atomic E-state index is -0.873. The zero-order valence-electron chi connectivity index (χ0n) is 18.8. The molecule has 0 aliphatic carbocycles. The zero-order chi connectivity index (χ0) is 24.9. The predicted octanol–water partition coefficient (Wildman–Crippen LogP) is 5.90. The molecule has 0 aliphatic heterocycles. The van der Waals surface area contributed by atoms with Crippen LogP contribution in [0.1, 0.15) is 23.2 Å². The number of aryl methyl sites for hydroxylation is 2. The first-order valence-corrected chi connectivity index (χ1v) is 11.2. The topological polar surface area (TPSA) is 87.2 Å². The Balaban J connectivity index is 1.75. The number of fused-ring (bicyclic) bond motifs is 1. The number of nitrogens with zero attached hydrogens (tertiary/aromatic N) is 3. The van der Waals surface area contributed by atoms with Crippen molar-refractivity contribution in [2.24, 2.45) is 7.05 Å². The van der Waals surface area contributed by atoms with Crippen molar-refractivity contribution in [2.45, 2.75) is 13.8 Å². The minimum Gasteiger partial charge on any atom is -0.454 e. The minimum absolute atomic E-state index is 0.181. The van der Waals surface area contributed by atoms with Crippen LogP contribution in [0.5, 0.6) is 11.5 Å². The highest BCUT2D eigenvalue weighted by Gasteiger charge is 2.20. The van der Waals surface area contributed by atoms with Crippen LogP contribution in [0.2, 0.25) is 0 Å². The summed E-state index contributed by atoms with van der Waals surface area (Å²) >= 11 is 1.20. The summed E-state index contributed by atoms with van der Waals surface area (Å²) in [6, 6.07) is 9.47. The summed E-state index contributed by atoms with van der Waals surface area (Å²) in [5.41, 5.74) is 1.19. The van der Waals surface area contributed by atoms with Crippen molar-refractivity contribution in [3.8, 4) is 33.4 Å². The molecule has 0 spiro atoms. The third-order valence-corrected chi connectivity index (χ3v) is 6.50. The number of halogens is 2. The van der Waals surface area contributed by atoms with Crippen molar-refractivity contribution >= 4 is 27.2 Å². The molecule has 0 aliphatic rings. The number of pyridine rings is 1. The van der Waals surface area contributed by atoms with Crippen molar-refractivity contribution < 1.29 is 22.7 Å². The maximum absolute atomic E-state index is 14.4. The van der Waals surface area contributed by atoms with Gasteiger partial charge in [0.25, 0.3) is 11.4 Å². The molecule has 176 valence electrons. The molecule has 35 heavy (non-hydrogen) atoms. The summed E-state index contributed by atoms with van der Waals surface area (Å²) < 4.78 is 40.9. The second-order valence-electron chi connectivity index (χ2n) is 7.88. The number of hydrogen-bond acceptors (Lipinski definition) is 7. The van der Waals surface area contributed by atoms with E-state index in [9.17, 15) is 18.4 Å². The second kappa shape index (κ2) is 8.55. The number of ketones is 1. The fourth-order valence-electron chi connectivity index (χ4n) is 3.67. The maximum Gasteiger partial charge on any atom is 0.268 e. The highest BCUT2D eigenvalue weighted by molar-refractivity contribution is 7.22. The van der Waals surface area contributed by atoms with Gasteiger partial charge in [-0.2, -0.15) is 0 Å². The lowest BCUT2D eigenvalue weighted by molar-refractivity contribution is 0.101. The number of Topliss-reactive ketones (excluding diaryl/α,β-unsaturated/α-hetero) is 1. The Kier molecular flexibility index (Phi) is 5.52. The van der Waals surface area contributed by atoms with E-state index in [1.54, 1.807) is 44.4 Å². The van der Waals surface area contributed by atoms with Crippen LogP contribution in [0.3, 0.4) is 0 Å². The number of hydrogen-bond donors (Lipinski definition) is 0. The van der Waals surface area contributed by atoms with Gasteiger partial charge in [-0.05, 0) is 43.3 Å². The van der Waals surface area contributed by atoms with Crippen LogP contribution >= 0.6 is 11.3 Å². The number of aromatic nitrogens is 3. The van der Waals surface area contributed by atoms with E-state index in [0.29, 0.717) is 37.5 Å². The van der Waals surface area contributed by atoms with Crippen molar-refractivity contribution in [1.29, 1.82) is 0 Å². The van der Waals surface area contributed by atoms with Gasteiger partial charge in [0.2, 0.25) is 5.89 Å². The van der Waals surface area contributed by atoms with Crippen molar-refractivity contribution in [3.05, 3.63) is 82.1 Å². The molecule has 0 radical (unpaired) electrons. The van der Waals surface area contributed by atoms with Gasteiger partial charge in [-0.1, -0.05) is 0 Å². The third-order valence-electron chi connectivity index (χ3n) is 5.39. The number of rotatable bonds is 5. The summed E-state index contributed by atoms with van der Waals surface area (Å²) in [4.78, 5) is 25.7. The highest BCUT2D eigenvalue weighted by Crippen LogP contribution is 2.41. The van der Waals surface area contributed by atoms with Gasteiger partial charge in [0.1, 0.15) is 16.3 Å². The molecular formula is C25H17F2N3O4S. The first-order valence-electron chi connectivity index (χ1n) is 10.4. The number of benzene rings is 2. The fraction of sp³-hybridized carbons (Fsp3) is 0.120. The number of carbonyl (C=O) groups excluding carboxylic acids is 1. The number of ether oxygens (including phenoxy) is 1. The lowest BCUT2D eigenvalue weighted by Crippen LogP contribution is -2.15. The predicted molar refractivity (Wildman–Crippen MR) is 127 cm³/mol. The van der Waals surface area contributed by atoms with Gasteiger partial charge in [-0.3, -0.25) is 9.59 Å².